The lowest BCUT2D eigenvalue weighted by Crippen LogP contribution is -2.08. The number of hydrogen-bond acceptors (Lipinski definition) is 1. The first-order chi connectivity index (χ1) is 9.90. The molecule has 0 atom stereocenters. The zero-order chi connectivity index (χ0) is 13.4. The van der Waals surface area contributed by atoms with Gasteiger partial charge in [-0.15, -0.1) is 0 Å². The zero-order valence-corrected chi connectivity index (χ0v) is 11.0. The molecule has 2 aromatic carbocycles. The first kappa shape index (κ1) is 11.2. The monoisotopic (exact) mass is 258 g/mol. The molecule has 1 aliphatic rings. The van der Waals surface area contributed by atoms with Gasteiger partial charge in [-0.1, -0.05) is 48.5 Å². The second-order valence-electron chi connectivity index (χ2n) is 5.02. The molecule has 0 spiro atoms. The van der Waals surface area contributed by atoms with Gasteiger partial charge in [0.25, 0.3) is 0 Å². The standard InChI is InChI=1S/C18H14N2/c1-2-6-14(7-3-1)10-16-13-20-17(12-19-16)11-15-8-4-5-9-18(15)20/h1-12H,13H2/b16-10-. The highest BCUT2D eigenvalue weighted by Crippen LogP contribution is 2.24. The van der Waals surface area contributed by atoms with E-state index in [2.05, 4.69) is 70.2 Å². The Balaban J connectivity index is 1.78. The SMILES string of the molecule is C1=N/C(=C\c2ccccc2)Cn2c1cc1ccccc12. The third kappa shape index (κ3) is 1.86. The summed E-state index contributed by atoms with van der Waals surface area (Å²) in [5, 5.41) is 1.27. The van der Waals surface area contributed by atoms with Crippen molar-refractivity contribution in [2.75, 3.05) is 0 Å². The summed E-state index contributed by atoms with van der Waals surface area (Å²) in [6.07, 6.45) is 4.10. The van der Waals surface area contributed by atoms with Crippen molar-refractivity contribution in [3.05, 3.63) is 77.6 Å². The molecule has 4 rings (SSSR count). The zero-order valence-electron chi connectivity index (χ0n) is 11.0. The molecule has 2 nitrogen and oxygen atoms in total. The molecule has 0 amide bonds. The number of fused-ring (bicyclic) bond motifs is 3. The highest BCUT2D eigenvalue weighted by molar-refractivity contribution is 5.92. The van der Waals surface area contributed by atoms with Gasteiger partial charge in [-0.25, -0.2) is 0 Å². The summed E-state index contributed by atoms with van der Waals surface area (Å²) in [6, 6.07) is 21.0. The molecule has 0 N–H and O–H groups in total. The molecule has 0 saturated carbocycles. The molecule has 1 aromatic heterocycles. The van der Waals surface area contributed by atoms with Crippen molar-refractivity contribution in [3.63, 3.8) is 0 Å². The molecule has 3 aromatic rings. The van der Waals surface area contributed by atoms with Gasteiger partial charge in [0.2, 0.25) is 0 Å². The molecule has 2 heteroatoms. The van der Waals surface area contributed by atoms with E-state index in [1.165, 1.54) is 22.2 Å². The van der Waals surface area contributed by atoms with E-state index < -0.39 is 0 Å². The van der Waals surface area contributed by atoms with Gasteiger partial charge in [0.15, 0.2) is 0 Å². The highest BCUT2D eigenvalue weighted by Gasteiger charge is 2.12. The highest BCUT2D eigenvalue weighted by atomic mass is 15.0. The molecule has 0 saturated heterocycles. The Morgan fingerprint density at radius 1 is 0.950 bits per heavy atom. The molecule has 0 aliphatic carbocycles. The van der Waals surface area contributed by atoms with E-state index in [0.29, 0.717) is 0 Å². The van der Waals surface area contributed by atoms with Crippen LogP contribution in [0.2, 0.25) is 0 Å². The van der Waals surface area contributed by atoms with Crippen molar-refractivity contribution in [3.8, 4) is 0 Å². The van der Waals surface area contributed by atoms with Gasteiger partial charge in [-0.2, -0.15) is 0 Å². The van der Waals surface area contributed by atoms with Crippen molar-refractivity contribution in [2.45, 2.75) is 6.54 Å². The summed E-state index contributed by atoms with van der Waals surface area (Å²) < 4.78 is 2.32. The van der Waals surface area contributed by atoms with E-state index in [1.807, 2.05) is 12.3 Å². The predicted molar refractivity (Wildman–Crippen MR) is 84.0 cm³/mol. The minimum atomic E-state index is 0.828. The van der Waals surface area contributed by atoms with Crippen LogP contribution in [-0.2, 0) is 6.54 Å². The average molecular weight is 258 g/mol. The van der Waals surface area contributed by atoms with Crippen molar-refractivity contribution < 1.29 is 0 Å². The van der Waals surface area contributed by atoms with Crippen LogP contribution in [0.25, 0.3) is 17.0 Å². The lowest BCUT2D eigenvalue weighted by Gasteiger charge is -2.13. The maximum atomic E-state index is 4.58. The van der Waals surface area contributed by atoms with E-state index in [1.54, 1.807) is 0 Å². The Kier molecular flexibility index (Phi) is 2.52. The van der Waals surface area contributed by atoms with Gasteiger partial charge >= 0.3 is 0 Å². The molecule has 0 fully saturated rings. The van der Waals surface area contributed by atoms with E-state index in [9.17, 15) is 0 Å². The Morgan fingerprint density at radius 2 is 1.75 bits per heavy atom. The summed E-state index contributed by atoms with van der Waals surface area (Å²) in [5.74, 6) is 0. The number of benzene rings is 2. The van der Waals surface area contributed by atoms with Gasteiger partial charge in [-0.3, -0.25) is 4.99 Å². The number of allylic oxidation sites excluding steroid dienone is 1. The topological polar surface area (TPSA) is 17.3 Å². The predicted octanol–water partition coefficient (Wildman–Crippen LogP) is 4.11. The second-order valence-corrected chi connectivity index (χ2v) is 5.02. The van der Waals surface area contributed by atoms with Gasteiger partial charge < -0.3 is 4.57 Å². The first-order valence-electron chi connectivity index (χ1n) is 6.78. The van der Waals surface area contributed by atoms with Crippen LogP contribution in [0.15, 0.2) is 71.4 Å². The minimum Gasteiger partial charge on any atom is -0.334 e. The van der Waals surface area contributed by atoms with Crippen LogP contribution in [0.5, 0.6) is 0 Å². The van der Waals surface area contributed by atoms with Crippen LogP contribution in [-0.4, -0.2) is 10.8 Å². The fraction of sp³-hybridized carbons (Fsp3) is 0.0556. The third-order valence-corrected chi connectivity index (χ3v) is 3.66. The fourth-order valence-electron chi connectivity index (χ4n) is 2.69. The molecule has 0 bridgehead atoms. The van der Waals surface area contributed by atoms with Crippen molar-refractivity contribution in [1.82, 2.24) is 4.57 Å². The molecular weight excluding hydrogens is 244 g/mol. The Morgan fingerprint density at radius 3 is 2.65 bits per heavy atom. The van der Waals surface area contributed by atoms with Crippen molar-refractivity contribution in [2.24, 2.45) is 4.99 Å². The quantitative estimate of drug-likeness (QED) is 0.625. The van der Waals surface area contributed by atoms with Gasteiger partial charge in [0.05, 0.1) is 24.2 Å². The van der Waals surface area contributed by atoms with Crippen LogP contribution in [0.3, 0.4) is 0 Å². The molecule has 0 radical (unpaired) electrons. The number of rotatable bonds is 1. The normalized spacial score (nSPS) is 15.7. The molecule has 0 unspecified atom stereocenters. The molecular formula is C18H14N2. The maximum absolute atomic E-state index is 4.58. The number of nitrogens with zero attached hydrogens (tertiary/aromatic N) is 2. The Labute approximate surface area is 117 Å². The summed E-state index contributed by atoms with van der Waals surface area (Å²) in [4.78, 5) is 4.58. The smallest absolute Gasteiger partial charge is 0.0655 e. The van der Waals surface area contributed by atoms with Crippen LogP contribution in [0.1, 0.15) is 11.3 Å². The minimum absolute atomic E-state index is 0.828. The van der Waals surface area contributed by atoms with Crippen LogP contribution in [0.4, 0.5) is 0 Å². The molecule has 96 valence electrons. The fourth-order valence-corrected chi connectivity index (χ4v) is 2.69. The van der Waals surface area contributed by atoms with Gasteiger partial charge in [-0.05, 0) is 23.8 Å². The van der Waals surface area contributed by atoms with Gasteiger partial charge in [0.1, 0.15) is 0 Å². The summed E-state index contributed by atoms with van der Waals surface area (Å²) in [7, 11) is 0. The Bertz CT molecular complexity index is 823. The summed E-state index contributed by atoms with van der Waals surface area (Å²) in [5.41, 5.74) is 4.73. The number of aromatic nitrogens is 1. The van der Waals surface area contributed by atoms with Crippen LogP contribution >= 0.6 is 0 Å². The molecule has 2 heterocycles. The van der Waals surface area contributed by atoms with Crippen LogP contribution < -0.4 is 0 Å². The number of para-hydroxylation sites is 1. The summed E-state index contributed by atoms with van der Waals surface area (Å²) >= 11 is 0. The maximum Gasteiger partial charge on any atom is 0.0655 e. The number of aliphatic imine (C=N–C) groups is 1. The number of hydrogen-bond donors (Lipinski definition) is 0. The first-order valence-corrected chi connectivity index (χ1v) is 6.78. The van der Waals surface area contributed by atoms with E-state index >= 15 is 0 Å². The lowest BCUT2D eigenvalue weighted by atomic mass is 10.2. The van der Waals surface area contributed by atoms with E-state index in [4.69, 9.17) is 0 Å². The molecule has 20 heavy (non-hydrogen) atoms. The van der Waals surface area contributed by atoms with E-state index in [0.717, 1.165) is 12.2 Å². The summed E-state index contributed by atoms with van der Waals surface area (Å²) in [6.45, 7) is 0.828. The van der Waals surface area contributed by atoms with Gasteiger partial charge in [0, 0.05) is 10.9 Å². The van der Waals surface area contributed by atoms with E-state index in [-0.39, 0.29) is 0 Å². The molecule has 1 aliphatic heterocycles. The van der Waals surface area contributed by atoms with Crippen molar-refractivity contribution in [1.29, 1.82) is 0 Å². The average Bonchev–Trinajstić information content (AvgIpc) is 2.86. The third-order valence-electron chi connectivity index (χ3n) is 3.66. The Hall–Kier alpha value is -2.61. The lowest BCUT2D eigenvalue weighted by molar-refractivity contribution is 0.794. The van der Waals surface area contributed by atoms with Crippen LogP contribution in [0, 0.1) is 0 Å². The van der Waals surface area contributed by atoms with Crippen molar-refractivity contribution >= 4 is 23.2 Å². The largest absolute Gasteiger partial charge is 0.334 e. The second kappa shape index (κ2) is 4.49.